The molecule has 134 valence electrons. The Labute approximate surface area is 148 Å². The van der Waals surface area contributed by atoms with Crippen LogP contribution in [0, 0.1) is 11.6 Å². The summed E-state index contributed by atoms with van der Waals surface area (Å²) in [6.45, 7) is 3.50. The van der Waals surface area contributed by atoms with Crippen molar-refractivity contribution in [2.24, 2.45) is 0 Å². The Kier molecular flexibility index (Phi) is 4.28. The van der Waals surface area contributed by atoms with Crippen LogP contribution in [0.5, 0.6) is 17.2 Å². The summed E-state index contributed by atoms with van der Waals surface area (Å²) in [6, 6.07) is 4.64. The second-order valence-corrected chi connectivity index (χ2v) is 6.41. The van der Waals surface area contributed by atoms with Gasteiger partial charge >= 0.3 is 0 Å². The van der Waals surface area contributed by atoms with Crippen LogP contribution >= 0.6 is 0 Å². The maximum absolute atomic E-state index is 13.7. The molecule has 6 heteroatoms. The van der Waals surface area contributed by atoms with E-state index in [1.165, 1.54) is 12.1 Å². The van der Waals surface area contributed by atoms with Crippen LogP contribution in [0.3, 0.4) is 0 Å². The van der Waals surface area contributed by atoms with Crippen LogP contribution in [0.15, 0.2) is 36.4 Å². The molecule has 4 nitrogen and oxygen atoms in total. The fraction of sp³-hybridized carbons (Fsp3) is 0.150. The van der Waals surface area contributed by atoms with Gasteiger partial charge in [0, 0.05) is 11.6 Å². The highest BCUT2D eigenvalue weighted by Gasteiger charge is 2.30. The smallest absolute Gasteiger partial charge is 0.193 e. The second kappa shape index (κ2) is 6.29. The number of rotatable bonds is 3. The predicted molar refractivity (Wildman–Crippen MR) is 93.2 cm³/mol. The molecule has 3 rings (SSSR count). The molecular formula is C20H16F2O4. The number of phenols is 2. The summed E-state index contributed by atoms with van der Waals surface area (Å²) in [5.41, 5.74) is -0.758. The van der Waals surface area contributed by atoms with Crippen molar-refractivity contribution in [3.8, 4) is 17.2 Å². The zero-order valence-electron chi connectivity index (χ0n) is 14.1. The number of halogens is 2. The number of aromatic hydroxyl groups is 2. The summed E-state index contributed by atoms with van der Waals surface area (Å²) in [7, 11) is 0. The Morgan fingerprint density at radius 3 is 2.65 bits per heavy atom. The normalized spacial score (nSPS) is 14.9. The predicted octanol–water partition coefficient (Wildman–Crippen LogP) is 4.46. The third-order valence-electron chi connectivity index (χ3n) is 3.94. The summed E-state index contributed by atoms with van der Waals surface area (Å²) in [4.78, 5) is 12.6. The van der Waals surface area contributed by atoms with Crippen LogP contribution in [0.1, 0.15) is 35.3 Å². The number of ether oxygens (including phenoxy) is 1. The Morgan fingerprint density at radius 2 is 1.92 bits per heavy atom. The number of phenolic OH excluding ortho intramolecular Hbond substituents is 2. The molecule has 2 aromatic rings. The first-order valence-electron chi connectivity index (χ1n) is 7.83. The van der Waals surface area contributed by atoms with Gasteiger partial charge in [-0.1, -0.05) is 12.1 Å². The first-order chi connectivity index (χ1) is 12.2. The molecule has 0 amide bonds. The van der Waals surface area contributed by atoms with Gasteiger partial charge in [0.15, 0.2) is 17.4 Å². The molecular weight excluding hydrogens is 342 g/mol. The number of hydrogen-bond acceptors (Lipinski definition) is 4. The third kappa shape index (κ3) is 3.18. The van der Waals surface area contributed by atoms with E-state index in [1.54, 1.807) is 26.0 Å². The van der Waals surface area contributed by atoms with E-state index in [4.69, 9.17) is 4.74 Å². The maximum atomic E-state index is 13.7. The minimum absolute atomic E-state index is 0.0318. The standard InChI is InChI=1S/C20H16F2O4/c1-20(2)9-8-12-15(24)10-16(25)17(19(12)26-20)14(23)7-6-11-4-3-5-13(21)18(11)22/h3-10,24-25H,1-2H3/b7-6+. The molecule has 2 N–H and O–H groups in total. The monoisotopic (exact) mass is 358 g/mol. The van der Waals surface area contributed by atoms with E-state index in [0.29, 0.717) is 0 Å². The van der Waals surface area contributed by atoms with Gasteiger partial charge in [-0.25, -0.2) is 8.78 Å². The topological polar surface area (TPSA) is 66.8 Å². The van der Waals surface area contributed by atoms with Crippen LogP contribution in [0.4, 0.5) is 8.78 Å². The Morgan fingerprint density at radius 1 is 1.19 bits per heavy atom. The van der Waals surface area contributed by atoms with Crippen molar-refractivity contribution in [1.29, 1.82) is 0 Å². The highest BCUT2D eigenvalue weighted by Crippen LogP contribution is 2.43. The molecule has 0 aromatic heterocycles. The van der Waals surface area contributed by atoms with Crippen molar-refractivity contribution < 1.29 is 28.5 Å². The number of hydrogen-bond donors (Lipinski definition) is 2. The van der Waals surface area contributed by atoms with E-state index >= 15 is 0 Å². The van der Waals surface area contributed by atoms with Crippen LogP contribution in [0.25, 0.3) is 12.2 Å². The molecule has 0 spiro atoms. The van der Waals surface area contributed by atoms with Crippen molar-refractivity contribution in [1.82, 2.24) is 0 Å². The average molecular weight is 358 g/mol. The van der Waals surface area contributed by atoms with Crippen molar-refractivity contribution in [2.75, 3.05) is 0 Å². The molecule has 0 bridgehead atoms. The lowest BCUT2D eigenvalue weighted by atomic mass is 9.96. The number of ketones is 1. The minimum atomic E-state index is -1.08. The molecule has 0 atom stereocenters. The number of allylic oxidation sites excluding steroid dienone is 1. The molecule has 0 fully saturated rings. The Hall–Kier alpha value is -3.15. The molecule has 0 saturated heterocycles. The van der Waals surface area contributed by atoms with Gasteiger partial charge in [-0.05, 0) is 44.2 Å². The van der Waals surface area contributed by atoms with E-state index in [2.05, 4.69) is 0 Å². The Bertz CT molecular complexity index is 959. The molecule has 0 unspecified atom stereocenters. The van der Waals surface area contributed by atoms with Gasteiger partial charge in [0.05, 0.1) is 5.56 Å². The van der Waals surface area contributed by atoms with E-state index in [9.17, 15) is 23.8 Å². The summed E-state index contributed by atoms with van der Waals surface area (Å²) < 4.78 is 32.7. The van der Waals surface area contributed by atoms with Gasteiger partial charge in [0.2, 0.25) is 0 Å². The molecule has 26 heavy (non-hydrogen) atoms. The SMILES string of the molecule is CC1(C)C=Cc2c(O)cc(O)c(C(=O)/C=C/c3cccc(F)c3F)c2O1. The van der Waals surface area contributed by atoms with E-state index < -0.39 is 28.8 Å². The fourth-order valence-corrected chi connectivity index (χ4v) is 2.63. The lowest BCUT2D eigenvalue weighted by Crippen LogP contribution is -2.28. The molecule has 0 radical (unpaired) electrons. The summed E-state index contributed by atoms with van der Waals surface area (Å²) >= 11 is 0. The largest absolute Gasteiger partial charge is 0.507 e. The average Bonchev–Trinajstić information content (AvgIpc) is 2.55. The van der Waals surface area contributed by atoms with Crippen molar-refractivity contribution >= 4 is 17.9 Å². The number of carbonyl (C=O) groups is 1. The van der Waals surface area contributed by atoms with Crippen LogP contribution in [-0.4, -0.2) is 21.6 Å². The fourth-order valence-electron chi connectivity index (χ4n) is 2.63. The maximum Gasteiger partial charge on any atom is 0.193 e. The quantitative estimate of drug-likeness (QED) is 0.628. The molecule has 1 aliphatic rings. The van der Waals surface area contributed by atoms with Gasteiger partial charge in [0.25, 0.3) is 0 Å². The number of benzene rings is 2. The zero-order chi connectivity index (χ0) is 19.1. The Balaban J connectivity index is 2.04. The second-order valence-electron chi connectivity index (χ2n) is 6.41. The van der Waals surface area contributed by atoms with Crippen LogP contribution in [-0.2, 0) is 0 Å². The highest BCUT2D eigenvalue weighted by atomic mass is 19.2. The lowest BCUT2D eigenvalue weighted by molar-refractivity contribution is 0.103. The molecule has 1 aliphatic heterocycles. The summed E-state index contributed by atoms with van der Waals surface area (Å²) in [5.74, 6) is -3.45. The van der Waals surface area contributed by atoms with E-state index in [0.717, 1.165) is 24.3 Å². The number of carbonyl (C=O) groups excluding carboxylic acids is 1. The van der Waals surface area contributed by atoms with Gasteiger partial charge in [-0.15, -0.1) is 0 Å². The van der Waals surface area contributed by atoms with E-state index in [1.807, 2.05) is 0 Å². The molecule has 0 aliphatic carbocycles. The van der Waals surface area contributed by atoms with Crippen molar-refractivity contribution in [2.45, 2.75) is 19.4 Å². The molecule has 0 saturated carbocycles. The summed E-state index contributed by atoms with van der Waals surface area (Å²) in [6.07, 6.45) is 5.43. The summed E-state index contributed by atoms with van der Waals surface area (Å²) in [5, 5.41) is 20.1. The first-order valence-corrected chi connectivity index (χ1v) is 7.83. The zero-order valence-corrected chi connectivity index (χ0v) is 14.1. The van der Waals surface area contributed by atoms with Gasteiger partial charge in [-0.2, -0.15) is 0 Å². The molecule has 2 aromatic carbocycles. The highest BCUT2D eigenvalue weighted by molar-refractivity contribution is 6.11. The van der Waals surface area contributed by atoms with Gasteiger partial charge in [-0.3, -0.25) is 4.79 Å². The minimum Gasteiger partial charge on any atom is -0.507 e. The van der Waals surface area contributed by atoms with Crippen molar-refractivity contribution in [3.63, 3.8) is 0 Å². The molecule has 1 heterocycles. The van der Waals surface area contributed by atoms with Gasteiger partial charge < -0.3 is 14.9 Å². The third-order valence-corrected chi connectivity index (χ3v) is 3.94. The lowest BCUT2D eigenvalue weighted by Gasteiger charge is -2.29. The van der Waals surface area contributed by atoms with Crippen LogP contribution < -0.4 is 4.74 Å². The van der Waals surface area contributed by atoms with Crippen LogP contribution in [0.2, 0.25) is 0 Å². The van der Waals surface area contributed by atoms with Crippen molar-refractivity contribution in [3.05, 3.63) is 64.7 Å². The van der Waals surface area contributed by atoms with Gasteiger partial charge in [0.1, 0.15) is 28.4 Å². The first kappa shape index (κ1) is 17.7. The number of fused-ring (bicyclic) bond motifs is 1. The van der Waals surface area contributed by atoms with E-state index in [-0.39, 0.29) is 28.2 Å².